The number of carbonyl (C=O) groups excluding carboxylic acids is 3. The summed E-state index contributed by atoms with van der Waals surface area (Å²) in [7, 11) is 0. The highest BCUT2D eigenvalue weighted by Crippen LogP contribution is 2.34. The van der Waals surface area contributed by atoms with E-state index in [0.29, 0.717) is 60.6 Å². The van der Waals surface area contributed by atoms with Gasteiger partial charge in [-0.05, 0) is 93.3 Å². The van der Waals surface area contributed by atoms with Gasteiger partial charge in [0, 0.05) is 70.0 Å². The van der Waals surface area contributed by atoms with Crippen LogP contribution in [0.3, 0.4) is 0 Å². The summed E-state index contributed by atoms with van der Waals surface area (Å²) in [4.78, 5) is 48.3. The molecular weight excluding hydrogens is 706 g/mol. The molecular formula is C33H41Br2N5O5. The first-order valence-electron chi connectivity index (χ1n) is 16.1. The minimum atomic E-state index is -0.994. The zero-order valence-electron chi connectivity index (χ0n) is 25.4. The van der Waals surface area contributed by atoms with Crippen molar-refractivity contribution in [2.24, 2.45) is 0 Å². The number of hydrogen-bond donors (Lipinski definition) is 2. The third-order valence-corrected chi connectivity index (χ3v) is 11.0. The smallest absolute Gasteiger partial charge is 0.410 e. The number of carbonyl (C=O) groups is 3. The highest BCUT2D eigenvalue weighted by molar-refractivity contribution is 9.11. The number of piperidine rings is 1. The van der Waals surface area contributed by atoms with E-state index in [1.807, 2.05) is 34.1 Å². The maximum Gasteiger partial charge on any atom is 0.410 e. The molecule has 12 heteroatoms. The Balaban J connectivity index is 1.09. The van der Waals surface area contributed by atoms with Crippen molar-refractivity contribution in [1.82, 2.24) is 19.6 Å². The van der Waals surface area contributed by atoms with Crippen molar-refractivity contribution in [2.45, 2.75) is 69.6 Å². The predicted molar refractivity (Wildman–Crippen MR) is 178 cm³/mol. The number of aromatic hydroxyl groups is 1. The van der Waals surface area contributed by atoms with Gasteiger partial charge in [0.15, 0.2) is 6.10 Å². The molecule has 2 N–H and O–H groups in total. The summed E-state index contributed by atoms with van der Waals surface area (Å²) >= 11 is 6.76. The average molecular weight is 748 g/mol. The molecule has 2 aromatic rings. The molecule has 0 radical (unpaired) electrons. The molecule has 242 valence electrons. The number of amides is 4. The van der Waals surface area contributed by atoms with Gasteiger partial charge in [-0.3, -0.25) is 9.69 Å². The summed E-state index contributed by atoms with van der Waals surface area (Å²) in [5.41, 5.74) is 2.74. The maximum absolute atomic E-state index is 13.9. The zero-order valence-corrected chi connectivity index (χ0v) is 28.6. The lowest BCUT2D eigenvalue weighted by molar-refractivity contribution is -0.143. The molecule has 0 aromatic heterocycles. The molecule has 1 aliphatic carbocycles. The second-order valence-corrected chi connectivity index (χ2v) is 14.2. The molecule has 3 heterocycles. The molecule has 0 spiro atoms. The van der Waals surface area contributed by atoms with Crippen LogP contribution in [0, 0.1) is 0 Å². The monoisotopic (exact) mass is 745 g/mol. The molecule has 3 aliphatic heterocycles. The van der Waals surface area contributed by atoms with Crippen LogP contribution in [0.25, 0.3) is 0 Å². The first-order chi connectivity index (χ1) is 21.8. The summed E-state index contributed by atoms with van der Waals surface area (Å²) < 4.78 is 7.00. The fourth-order valence-electron chi connectivity index (χ4n) is 7.20. The number of benzene rings is 2. The molecule has 1 saturated carbocycles. The molecule has 1 atom stereocenters. The summed E-state index contributed by atoms with van der Waals surface area (Å²) in [5.74, 6) is -0.114. The summed E-state index contributed by atoms with van der Waals surface area (Å²) in [6.45, 7) is 4.39. The van der Waals surface area contributed by atoms with Crippen LogP contribution in [0.2, 0.25) is 0 Å². The molecule has 0 unspecified atom stereocenters. The quantitative estimate of drug-likeness (QED) is 0.399. The number of likely N-dealkylation sites (tertiary alicyclic amines) is 1. The topological polar surface area (TPSA) is 106 Å². The van der Waals surface area contributed by atoms with Gasteiger partial charge >= 0.3 is 12.1 Å². The van der Waals surface area contributed by atoms with E-state index in [1.165, 1.54) is 25.7 Å². The van der Waals surface area contributed by atoms with Crippen LogP contribution in [0.5, 0.6) is 5.75 Å². The number of nitrogens with one attached hydrogen (secondary N) is 1. The lowest BCUT2D eigenvalue weighted by Gasteiger charge is -2.40. The number of phenolic OH excluding ortho intramolecular Hbond substituents is 1. The molecule has 2 aromatic carbocycles. The van der Waals surface area contributed by atoms with Gasteiger partial charge in [-0.15, -0.1) is 0 Å². The Morgan fingerprint density at radius 2 is 1.56 bits per heavy atom. The minimum absolute atomic E-state index is 0.0173. The van der Waals surface area contributed by atoms with E-state index < -0.39 is 12.2 Å². The normalized spacial score (nSPS) is 20.8. The van der Waals surface area contributed by atoms with Crippen molar-refractivity contribution in [1.29, 1.82) is 0 Å². The van der Waals surface area contributed by atoms with Crippen LogP contribution in [0.1, 0.15) is 49.7 Å². The third-order valence-electron chi connectivity index (χ3n) is 9.79. The van der Waals surface area contributed by atoms with Gasteiger partial charge in [0.05, 0.1) is 8.95 Å². The summed E-state index contributed by atoms with van der Waals surface area (Å²) in [5, 5.41) is 13.2. The number of nitrogens with zero attached hydrogens (tertiary/aromatic N) is 4. The van der Waals surface area contributed by atoms with E-state index in [1.54, 1.807) is 17.0 Å². The van der Waals surface area contributed by atoms with Gasteiger partial charge in [-0.25, -0.2) is 9.59 Å². The molecule has 3 fully saturated rings. The summed E-state index contributed by atoms with van der Waals surface area (Å²) in [6.07, 6.45) is 5.74. The van der Waals surface area contributed by atoms with Crippen LogP contribution in [-0.4, -0.2) is 107 Å². The van der Waals surface area contributed by atoms with Crippen LogP contribution in [-0.2, 0) is 22.4 Å². The van der Waals surface area contributed by atoms with Crippen molar-refractivity contribution >= 4 is 55.6 Å². The Labute approximate surface area is 281 Å². The number of rotatable bonds is 6. The molecule has 45 heavy (non-hydrogen) atoms. The number of anilines is 1. The highest BCUT2D eigenvalue weighted by atomic mass is 79.9. The van der Waals surface area contributed by atoms with E-state index in [0.717, 1.165) is 36.3 Å². The number of piperazine rings is 1. The molecule has 2 saturated heterocycles. The van der Waals surface area contributed by atoms with Gasteiger partial charge in [0.25, 0.3) is 5.91 Å². The minimum Gasteiger partial charge on any atom is -0.506 e. The molecule has 6 rings (SSSR count). The van der Waals surface area contributed by atoms with Crippen LogP contribution >= 0.6 is 31.9 Å². The van der Waals surface area contributed by atoms with Crippen molar-refractivity contribution in [3.8, 4) is 5.75 Å². The number of phenols is 1. The second-order valence-electron chi connectivity index (χ2n) is 12.5. The number of fused-ring (bicyclic) bond motifs is 1. The Kier molecular flexibility index (Phi) is 10.2. The number of urea groups is 1. The zero-order chi connectivity index (χ0) is 31.5. The van der Waals surface area contributed by atoms with Crippen LogP contribution in [0.15, 0.2) is 45.3 Å². The van der Waals surface area contributed by atoms with Gasteiger partial charge in [0.1, 0.15) is 5.75 Å². The van der Waals surface area contributed by atoms with Gasteiger partial charge in [-0.2, -0.15) is 0 Å². The standard InChI is InChI=1S/C33H41Br2N5O5/c34-26-19-22(20-27(35)30(26)41)21-29(31(42)38-17-15-37(16-18-38)24-6-2-3-7-24)45-33(44)39-12-10-25(11-13-39)40-14-9-23-5-1-4-8-28(23)36-32(40)43/h1,4-5,8,19-20,24-25,29,41H,2-3,6-7,9-18,21H2,(H,36,43)/t29-/m1/s1. The van der Waals surface area contributed by atoms with Gasteiger partial charge in [-0.1, -0.05) is 31.0 Å². The number of hydrogen-bond acceptors (Lipinski definition) is 6. The van der Waals surface area contributed by atoms with E-state index in [2.05, 4.69) is 42.1 Å². The van der Waals surface area contributed by atoms with E-state index in [-0.39, 0.29) is 30.2 Å². The number of ether oxygens (including phenoxy) is 1. The van der Waals surface area contributed by atoms with E-state index >= 15 is 0 Å². The second kappa shape index (κ2) is 14.3. The van der Waals surface area contributed by atoms with Crippen molar-refractivity contribution in [3.63, 3.8) is 0 Å². The Bertz CT molecular complexity index is 1380. The number of para-hydroxylation sites is 1. The fraction of sp³-hybridized carbons (Fsp3) is 0.545. The Morgan fingerprint density at radius 3 is 2.24 bits per heavy atom. The average Bonchev–Trinajstić information content (AvgIpc) is 3.53. The SMILES string of the molecule is O=C(O[C@H](Cc1cc(Br)c(O)c(Br)c1)C(=O)N1CCN(C2CCCC2)CC1)N1CCC(N2CCc3ccccc3NC2=O)CC1. The van der Waals surface area contributed by atoms with Crippen molar-refractivity contribution in [3.05, 3.63) is 56.5 Å². The maximum atomic E-state index is 13.9. The van der Waals surface area contributed by atoms with Gasteiger partial charge < -0.3 is 29.9 Å². The van der Waals surface area contributed by atoms with Gasteiger partial charge in [0.2, 0.25) is 0 Å². The lowest BCUT2D eigenvalue weighted by Crippen LogP contribution is -2.55. The molecule has 0 bridgehead atoms. The van der Waals surface area contributed by atoms with Crippen molar-refractivity contribution in [2.75, 3.05) is 51.1 Å². The Hall–Kier alpha value is -2.83. The van der Waals surface area contributed by atoms with E-state index in [9.17, 15) is 19.5 Å². The predicted octanol–water partition coefficient (Wildman–Crippen LogP) is 5.61. The molecule has 4 amide bonds. The lowest BCUT2D eigenvalue weighted by atomic mass is 10.0. The third kappa shape index (κ3) is 7.44. The first-order valence-corrected chi connectivity index (χ1v) is 17.7. The summed E-state index contributed by atoms with van der Waals surface area (Å²) in [6, 6.07) is 11.9. The molecule has 4 aliphatic rings. The van der Waals surface area contributed by atoms with Crippen LogP contribution in [0.4, 0.5) is 15.3 Å². The largest absolute Gasteiger partial charge is 0.506 e. The number of halogens is 2. The Morgan fingerprint density at radius 1 is 0.889 bits per heavy atom. The fourth-order valence-corrected chi connectivity index (χ4v) is 8.49. The first kappa shape index (κ1) is 32.1. The highest BCUT2D eigenvalue weighted by Gasteiger charge is 2.36. The van der Waals surface area contributed by atoms with Crippen LogP contribution < -0.4 is 5.32 Å². The van der Waals surface area contributed by atoms with E-state index in [4.69, 9.17) is 4.74 Å². The molecule has 10 nitrogen and oxygen atoms in total. The van der Waals surface area contributed by atoms with Crippen molar-refractivity contribution < 1.29 is 24.2 Å².